The van der Waals surface area contributed by atoms with Crippen LogP contribution in [0.1, 0.15) is 27.6 Å². The maximum Gasteiger partial charge on any atom is 0.334 e. The lowest BCUT2D eigenvalue weighted by Crippen LogP contribution is -2.56. The van der Waals surface area contributed by atoms with E-state index in [1.165, 1.54) is 24.2 Å². The number of benzene rings is 2. The summed E-state index contributed by atoms with van der Waals surface area (Å²) in [5, 5.41) is 24.2. The summed E-state index contributed by atoms with van der Waals surface area (Å²) in [6, 6.07) is 11.8. The Morgan fingerprint density at radius 1 is 1.03 bits per heavy atom. The topological polar surface area (TPSA) is 172 Å². The van der Waals surface area contributed by atoms with Crippen LogP contribution in [-0.2, 0) is 14.4 Å². The van der Waals surface area contributed by atoms with Gasteiger partial charge in [-0.2, -0.15) is 0 Å². The number of aliphatic carboxylic acids is 1. The number of carbonyl (C=O) groups excluding carboxylic acids is 4. The number of aromatic amines is 1. The van der Waals surface area contributed by atoms with Gasteiger partial charge in [0, 0.05) is 42.8 Å². The predicted molar refractivity (Wildman–Crippen MR) is 141 cm³/mol. The van der Waals surface area contributed by atoms with Crippen LogP contribution in [0.15, 0.2) is 54.7 Å². The Kier molecular flexibility index (Phi) is 8.07. The van der Waals surface area contributed by atoms with Gasteiger partial charge < -0.3 is 35.6 Å². The van der Waals surface area contributed by atoms with Crippen LogP contribution < -0.4 is 10.6 Å². The third kappa shape index (κ3) is 5.52. The Morgan fingerprint density at radius 2 is 1.74 bits per heavy atom. The van der Waals surface area contributed by atoms with E-state index in [1.807, 2.05) is 6.07 Å². The second-order valence-electron chi connectivity index (χ2n) is 9.26. The highest BCUT2D eigenvalue weighted by atomic mass is 16.4. The number of H-pyrrole nitrogens is 1. The molecular weight excluding hydrogens is 506 g/mol. The minimum Gasteiger partial charge on any atom is -0.479 e. The first kappa shape index (κ1) is 27.5. The Balaban J connectivity index is 1.49. The van der Waals surface area contributed by atoms with Gasteiger partial charge in [-0.15, -0.1) is 0 Å². The number of hydrogen-bond acceptors (Lipinski definition) is 7. The van der Waals surface area contributed by atoms with Crippen LogP contribution in [0.5, 0.6) is 0 Å². The maximum atomic E-state index is 13.3. The first-order valence-electron chi connectivity index (χ1n) is 12.3. The average molecular weight is 536 g/mol. The highest BCUT2D eigenvalue weighted by Crippen LogP contribution is 2.27. The SMILES string of the molecule is CNC(C(=O)Nc1cccc2c(C(=O)C(=O)N3CCN(C(=O)c4ccccc4)C[C@H]3C)c[nH]c12)C(O)C(=O)O. The maximum absolute atomic E-state index is 13.3. The number of carboxylic acids is 1. The lowest BCUT2D eigenvalue weighted by atomic mass is 10.1. The van der Waals surface area contributed by atoms with Crippen LogP contribution in [0.3, 0.4) is 0 Å². The fraction of sp³-hybridized carbons (Fsp3) is 0.296. The molecule has 12 heteroatoms. The molecule has 5 N–H and O–H groups in total. The molecule has 1 fully saturated rings. The first-order chi connectivity index (χ1) is 18.6. The van der Waals surface area contributed by atoms with E-state index in [1.54, 1.807) is 48.2 Å². The van der Waals surface area contributed by atoms with E-state index < -0.39 is 35.7 Å². The molecule has 4 rings (SSSR count). The van der Waals surface area contributed by atoms with Crippen molar-refractivity contribution in [2.24, 2.45) is 0 Å². The molecule has 1 aromatic heterocycles. The van der Waals surface area contributed by atoms with Gasteiger partial charge in [0.25, 0.3) is 17.6 Å². The number of carbonyl (C=O) groups is 5. The Bertz CT molecular complexity index is 1420. The minimum absolute atomic E-state index is 0.108. The number of piperazine rings is 1. The second kappa shape index (κ2) is 11.5. The van der Waals surface area contributed by atoms with Crippen molar-refractivity contribution in [3.05, 3.63) is 65.9 Å². The largest absolute Gasteiger partial charge is 0.479 e. The van der Waals surface area contributed by atoms with E-state index in [4.69, 9.17) is 5.11 Å². The smallest absolute Gasteiger partial charge is 0.334 e. The number of carboxylic acid groups (broad SMARTS) is 1. The van der Waals surface area contributed by atoms with Gasteiger partial charge in [-0.1, -0.05) is 30.3 Å². The van der Waals surface area contributed by atoms with E-state index in [9.17, 15) is 29.1 Å². The number of hydrogen-bond donors (Lipinski definition) is 5. The van der Waals surface area contributed by atoms with Gasteiger partial charge in [0.15, 0.2) is 6.10 Å². The van der Waals surface area contributed by atoms with E-state index in [0.29, 0.717) is 16.5 Å². The molecule has 1 saturated heterocycles. The summed E-state index contributed by atoms with van der Waals surface area (Å²) < 4.78 is 0. The van der Waals surface area contributed by atoms with Crippen molar-refractivity contribution in [3.8, 4) is 0 Å². The molecule has 3 atom stereocenters. The minimum atomic E-state index is -1.97. The summed E-state index contributed by atoms with van der Waals surface area (Å²) in [5.41, 5.74) is 1.26. The molecule has 204 valence electrons. The number of aliphatic hydroxyl groups is 1. The van der Waals surface area contributed by atoms with Crippen LogP contribution >= 0.6 is 0 Å². The summed E-state index contributed by atoms with van der Waals surface area (Å²) in [5.74, 6) is -3.94. The second-order valence-corrected chi connectivity index (χ2v) is 9.26. The number of fused-ring (bicyclic) bond motifs is 1. The number of para-hydroxylation sites is 1. The number of anilines is 1. The fourth-order valence-corrected chi connectivity index (χ4v) is 4.68. The molecule has 0 bridgehead atoms. The van der Waals surface area contributed by atoms with Crippen LogP contribution in [0.4, 0.5) is 5.69 Å². The third-order valence-electron chi connectivity index (χ3n) is 6.77. The zero-order valence-electron chi connectivity index (χ0n) is 21.4. The van der Waals surface area contributed by atoms with Gasteiger partial charge in [-0.05, 0) is 32.2 Å². The number of amides is 3. The van der Waals surface area contributed by atoms with E-state index in [0.717, 1.165) is 0 Å². The highest BCUT2D eigenvalue weighted by molar-refractivity contribution is 6.45. The van der Waals surface area contributed by atoms with Gasteiger partial charge in [0.2, 0.25) is 5.91 Å². The van der Waals surface area contributed by atoms with Gasteiger partial charge in [0.05, 0.1) is 16.8 Å². The lowest BCUT2D eigenvalue weighted by Gasteiger charge is -2.39. The Hall–Kier alpha value is -4.55. The summed E-state index contributed by atoms with van der Waals surface area (Å²) >= 11 is 0. The molecule has 12 nitrogen and oxygen atoms in total. The molecule has 0 radical (unpaired) electrons. The van der Waals surface area contributed by atoms with Crippen molar-refractivity contribution >= 4 is 46.1 Å². The van der Waals surface area contributed by atoms with Crippen molar-refractivity contribution in [3.63, 3.8) is 0 Å². The molecule has 1 aliphatic rings. The molecule has 3 amide bonds. The quantitative estimate of drug-likeness (QED) is 0.207. The summed E-state index contributed by atoms with van der Waals surface area (Å²) in [6.45, 7) is 2.55. The van der Waals surface area contributed by atoms with Crippen LogP contribution in [-0.4, -0.2) is 99.3 Å². The van der Waals surface area contributed by atoms with E-state index in [2.05, 4.69) is 15.6 Å². The predicted octanol–water partition coefficient (Wildman–Crippen LogP) is 0.696. The van der Waals surface area contributed by atoms with E-state index in [-0.39, 0.29) is 42.8 Å². The van der Waals surface area contributed by atoms with Crippen LogP contribution in [0, 0.1) is 0 Å². The number of nitrogens with zero attached hydrogens (tertiary/aromatic N) is 2. The first-order valence-corrected chi connectivity index (χ1v) is 12.3. The molecule has 3 aromatic rings. The molecule has 0 saturated carbocycles. The number of rotatable bonds is 8. The monoisotopic (exact) mass is 535 g/mol. The van der Waals surface area contributed by atoms with Crippen molar-refractivity contribution in [2.45, 2.75) is 25.1 Å². The standard InChI is InChI=1S/C27H29N5O7/c1-15-14-31(25(36)16-7-4-3-5-8-16)11-12-32(15)26(37)22(33)18-13-29-20-17(18)9-6-10-19(20)30-24(35)21(28-2)23(34)27(38)39/h3-10,13,15,21,23,28-29,34H,11-12,14H2,1-2H3,(H,30,35)(H,38,39)/t15-,21?,23?/m1/s1. The Morgan fingerprint density at radius 3 is 2.38 bits per heavy atom. The summed E-state index contributed by atoms with van der Waals surface area (Å²) in [4.78, 5) is 69.0. The van der Waals surface area contributed by atoms with Crippen molar-refractivity contribution < 1.29 is 34.2 Å². The molecule has 2 unspecified atom stereocenters. The average Bonchev–Trinajstić information content (AvgIpc) is 3.37. The van der Waals surface area contributed by atoms with Crippen molar-refractivity contribution in [2.75, 3.05) is 32.0 Å². The van der Waals surface area contributed by atoms with Crippen LogP contribution in [0.25, 0.3) is 10.9 Å². The van der Waals surface area contributed by atoms with Crippen LogP contribution in [0.2, 0.25) is 0 Å². The number of ketones is 1. The zero-order valence-corrected chi connectivity index (χ0v) is 21.4. The number of nitrogens with one attached hydrogen (secondary N) is 3. The summed E-state index contributed by atoms with van der Waals surface area (Å²) in [7, 11) is 1.34. The molecule has 2 aromatic carbocycles. The zero-order chi connectivity index (χ0) is 28.3. The van der Waals surface area contributed by atoms with Gasteiger partial charge in [-0.25, -0.2) is 4.79 Å². The molecule has 1 aliphatic heterocycles. The molecule has 39 heavy (non-hydrogen) atoms. The summed E-state index contributed by atoms with van der Waals surface area (Å²) in [6.07, 6.45) is -0.597. The normalized spacial score (nSPS) is 16.9. The van der Waals surface area contributed by atoms with Crippen molar-refractivity contribution in [1.82, 2.24) is 20.1 Å². The van der Waals surface area contributed by atoms with Gasteiger partial charge >= 0.3 is 5.97 Å². The van der Waals surface area contributed by atoms with Crippen molar-refractivity contribution in [1.29, 1.82) is 0 Å². The molecule has 2 heterocycles. The number of likely N-dealkylation sites (N-methyl/N-ethyl adjacent to an activating group) is 1. The molecule has 0 aliphatic carbocycles. The Labute approximate surface area is 223 Å². The molecule has 0 spiro atoms. The highest BCUT2D eigenvalue weighted by Gasteiger charge is 2.35. The number of Topliss-reactive ketones (excluding diaryl/α,β-unsaturated/α-hetero) is 1. The van der Waals surface area contributed by atoms with Gasteiger partial charge in [0.1, 0.15) is 6.04 Å². The number of aliphatic hydroxyl groups excluding tert-OH is 1. The third-order valence-corrected chi connectivity index (χ3v) is 6.77. The van der Waals surface area contributed by atoms with Gasteiger partial charge in [-0.3, -0.25) is 19.2 Å². The lowest BCUT2D eigenvalue weighted by molar-refractivity contribution is -0.150. The number of aromatic nitrogens is 1. The molecular formula is C27H29N5O7. The fourth-order valence-electron chi connectivity index (χ4n) is 4.68. The van der Waals surface area contributed by atoms with E-state index >= 15 is 0 Å².